The summed E-state index contributed by atoms with van der Waals surface area (Å²) in [5.41, 5.74) is 0. The molecule has 15 heavy (non-hydrogen) atoms. The maximum Gasteiger partial charge on any atom is 0.166 e. The van der Waals surface area contributed by atoms with Crippen LogP contribution >= 0.6 is 12.2 Å². The van der Waals surface area contributed by atoms with E-state index in [1.165, 1.54) is 19.3 Å². The lowest BCUT2D eigenvalue weighted by molar-refractivity contribution is 0.179. The summed E-state index contributed by atoms with van der Waals surface area (Å²) >= 11 is 5.24. The van der Waals surface area contributed by atoms with E-state index < -0.39 is 0 Å². The zero-order chi connectivity index (χ0) is 11.3. The highest BCUT2D eigenvalue weighted by Crippen LogP contribution is 2.24. The van der Waals surface area contributed by atoms with E-state index in [9.17, 15) is 0 Å². The van der Waals surface area contributed by atoms with Gasteiger partial charge >= 0.3 is 0 Å². The zero-order valence-corrected chi connectivity index (χ0v) is 10.7. The summed E-state index contributed by atoms with van der Waals surface area (Å²) in [4.78, 5) is 0. The number of hydrogen-bond acceptors (Lipinski definition) is 2. The van der Waals surface area contributed by atoms with Gasteiger partial charge in [-0.25, -0.2) is 0 Å². The van der Waals surface area contributed by atoms with Gasteiger partial charge in [0.1, 0.15) is 0 Å². The van der Waals surface area contributed by atoms with Gasteiger partial charge in [0.05, 0.1) is 6.61 Å². The minimum atomic E-state index is 0.272. The Morgan fingerprint density at radius 3 is 2.80 bits per heavy atom. The van der Waals surface area contributed by atoms with Gasteiger partial charge in [0.2, 0.25) is 0 Å². The van der Waals surface area contributed by atoms with Crippen molar-refractivity contribution in [3.05, 3.63) is 0 Å². The molecule has 0 aromatic carbocycles. The van der Waals surface area contributed by atoms with E-state index in [0.717, 1.165) is 11.0 Å². The monoisotopic (exact) mass is 230 g/mol. The van der Waals surface area contributed by atoms with Crippen molar-refractivity contribution < 1.29 is 4.74 Å². The van der Waals surface area contributed by atoms with Gasteiger partial charge in [-0.05, 0) is 44.3 Å². The average molecular weight is 230 g/mol. The highest BCUT2D eigenvalue weighted by Gasteiger charge is 2.21. The third-order valence-electron chi connectivity index (χ3n) is 2.82. The molecule has 2 N–H and O–H groups in total. The van der Waals surface area contributed by atoms with Crippen LogP contribution in [0.25, 0.3) is 0 Å². The maximum atomic E-state index is 5.24. The topological polar surface area (TPSA) is 33.3 Å². The first-order valence-corrected chi connectivity index (χ1v) is 6.08. The number of hydrogen-bond donors (Lipinski definition) is 2. The van der Waals surface area contributed by atoms with E-state index in [1.807, 2.05) is 0 Å². The molecule has 0 heterocycles. The second kappa shape index (κ2) is 6.28. The number of nitrogens with one attached hydrogen (secondary N) is 2. The van der Waals surface area contributed by atoms with Crippen molar-refractivity contribution in [2.75, 3.05) is 13.7 Å². The molecule has 1 aliphatic carbocycles. The lowest BCUT2D eigenvalue weighted by atomic mass is 10.1. The lowest BCUT2D eigenvalue weighted by Gasteiger charge is -2.19. The first-order valence-electron chi connectivity index (χ1n) is 5.67. The van der Waals surface area contributed by atoms with Gasteiger partial charge in [-0.1, -0.05) is 6.92 Å². The van der Waals surface area contributed by atoms with Crippen LogP contribution in [0.4, 0.5) is 0 Å². The molecule has 4 heteroatoms. The molecular weight excluding hydrogens is 208 g/mol. The van der Waals surface area contributed by atoms with Gasteiger partial charge < -0.3 is 15.4 Å². The number of thiocarbonyl (C=S) groups is 1. The standard InChI is InChI=1S/C11H22N2OS/c1-8-4-5-10(6-8)13-11(15)12-9(2)7-14-3/h8-10H,4-7H2,1-3H3,(H2,12,13,15). The Bertz CT molecular complexity index is 211. The van der Waals surface area contributed by atoms with Crippen molar-refractivity contribution >= 4 is 17.3 Å². The number of methoxy groups -OCH3 is 1. The van der Waals surface area contributed by atoms with Crippen molar-refractivity contribution in [2.45, 2.75) is 45.2 Å². The Morgan fingerprint density at radius 2 is 2.27 bits per heavy atom. The highest BCUT2D eigenvalue weighted by molar-refractivity contribution is 7.80. The predicted molar refractivity (Wildman–Crippen MR) is 67.0 cm³/mol. The number of ether oxygens (including phenoxy) is 1. The molecule has 0 aromatic rings. The van der Waals surface area contributed by atoms with Gasteiger partial charge in [0, 0.05) is 19.2 Å². The summed E-state index contributed by atoms with van der Waals surface area (Å²) in [6.45, 7) is 5.04. The average Bonchev–Trinajstić information content (AvgIpc) is 2.51. The van der Waals surface area contributed by atoms with E-state index in [4.69, 9.17) is 17.0 Å². The van der Waals surface area contributed by atoms with Crippen LogP contribution in [-0.4, -0.2) is 30.9 Å². The van der Waals surface area contributed by atoms with Crippen molar-refractivity contribution in [1.29, 1.82) is 0 Å². The molecule has 0 aliphatic heterocycles. The molecule has 0 aromatic heterocycles. The smallest absolute Gasteiger partial charge is 0.166 e. The van der Waals surface area contributed by atoms with Crippen LogP contribution in [0.5, 0.6) is 0 Å². The molecular formula is C11H22N2OS. The Morgan fingerprint density at radius 1 is 1.53 bits per heavy atom. The predicted octanol–water partition coefficient (Wildman–Crippen LogP) is 1.67. The molecule has 0 amide bonds. The highest BCUT2D eigenvalue weighted by atomic mass is 32.1. The summed E-state index contributed by atoms with van der Waals surface area (Å²) in [6, 6.07) is 0.837. The summed E-state index contributed by atoms with van der Waals surface area (Å²) in [6.07, 6.45) is 3.79. The molecule has 0 saturated heterocycles. The van der Waals surface area contributed by atoms with Crippen LogP contribution in [-0.2, 0) is 4.74 Å². The van der Waals surface area contributed by atoms with Gasteiger partial charge in [-0.3, -0.25) is 0 Å². The summed E-state index contributed by atoms with van der Waals surface area (Å²) in [5, 5.41) is 7.34. The Hall–Kier alpha value is -0.350. The Labute approximate surface area is 98.0 Å². The van der Waals surface area contributed by atoms with Gasteiger partial charge in [0.15, 0.2) is 5.11 Å². The Balaban J connectivity index is 2.18. The third kappa shape index (κ3) is 4.80. The second-order valence-corrected chi connectivity index (χ2v) is 5.00. The molecule has 88 valence electrons. The third-order valence-corrected chi connectivity index (χ3v) is 3.06. The molecule has 0 spiro atoms. The minimum Gasteiger partial charge on any atom is -0.383 e. The van der Waals surface area contributed by atoms with Crippen molar-refractivity contribution in [3.8, 4) is 0 Å². The van der Waals surface area contributed by atoms with Crippen LogP contribution in [0.1, 0.15) is 33.1 Å². The van der Waals surface area contributed by atoms with Gasteiger partial charge in [-0.2, -0.15) is 0 Å². The fraction of sp³-hybridized carbons (Fsp3) is 0.909. The lowest BCUT2D eigenvalue weighted by Crippen LogP contribution is -2.45. The maximum absolute atomic E-state index is 5.24. The van der Waals surface area contributed by atoms with Crippen LogP contribution in [0.15, 0.2) is 0 Å². The first kappa shape index (κ1) is 12.7. The second-order valence-electron chi connectivity index (χ2n) is 4.59. The van der Waals surface area contributed by atoms with E-state index in [-0.39, 0.29) is 6.04 Å². The van der Waals surface area contributed by atoms with Gasteiger partial charge in [-0.15, -0.1) is 0 Å². The first-order chi connectivity index (χ1) is 7.11. The number of rotatable bonds is 4. The van der Waals surface area contributed by atoms with Crippen molar-refractivity contribution in [1.82, 2.24) is 10.6 Å². The van der Waals surface area contributed by atoms with E-state index in [1.54, 1.807) is 7.11 Å². The van der Waals surface area contributed by atoms with Crippen LogP contribution < -0.4 is 10.6 Å². The molecule has 3 nitrogen and oxygen atoms in total. The molecule has 0 bridgehead atoms. The summed E-state index contributed by atoms with van der Waals surface area (Å²) in [5.74, 6) is 0.835. The van der Waals surface area contributed by atoms with Gasteiger partial charge in [0.25, 0.3) is 0 Å². The molecule has 3 unspecified atom stereocenters. The quantitative estimate of drug-likeness (QED) is 0.720. The summed E-state index contributed by atoms with van der Waals surface area (Å²) in [7, 11) is 1.70. The molecule has 0 radical (unpaired) electrons. The van der Waals surface area contributed by atoms with Crippen molar-refractivity contribution in [3.63, 3.8) is 0 Å². The van der Waals surface area contributed by atoms with Crippen molar-refractivity contribution in [2.24, 2.45) is 5.92 Å². The van der Waals surface area contributed by atoms with Crippen LogP contribution in [0.2, 0.25) is 0 Å². The molecule has 1 fully saturated rings. The summed E-state index contributed by atoms with van der Waals surface area (Å²) < 4.78 is 5.04. The zero-order valence-electron chi connectivity index (χ0n) is 9.88. The molecule has 3 atom stereocenters. The molecule has 1 rings (SSSR count). The van der Waals surface area contributed by atoms with E-state index in [0.29, 0.717) is 12.6 Å². The molecule has 1 aliphatic rings. The SMILES string of the molecule is COCC(C)NC(=S)NC1CCC(C)C1. The Kier molecular flexibility index (Phi) is 5.32. The fourth-order valence-corrected chi connectivity index (χ4v) is 2.45. The van der Waals surface area contributed by atoms with Crippen LogP contribution in [0, 0.1) is 5.92 Å². The molecule has 1 saturated carbocycles. The largest absolute Gasteiger partial charge is 0.383 e. The fourth-order valence-electron chi connectivity index (χ4n) is 2.08. The minimum absolute atomic E-state index is 0.272. The van der Waals surface area contributed by atoms with Crippen LogP contribution in [0.3, 0.4) is 0 Å². The van der Waals surface area contributed by atoms with E-state index in [2.05, 4.69) is 24.5 Å². The normalized spacial score (nSPS) is 27.4. The van der Waals surface area contributed by atoms with E-state index >= 15 is 0 Å².